The van der Waals surface area contributed by atoms with Gasteiger partial charge >= 0.3 is 5.97 Å². The molecule has 0 aliphatic carbocycles. The molecule has 1 aliphatic rings. The minimum absolute atomic E-state index is 0.157. The average Bonchev–Trinajstić information content (AvgIpc) is 2.97. The molecule has 0 radical (unpaired) electrons. The molecule has 5 unspecified atom stereocenters. The van der Waals surface area contributed by atoms with Crippen molar-refractivity contribution in [2.75, 3.05) is 19.1 Å². The van der Waals surface area contributed by atoms with Crippen LogP contribution >= 0.6 is 11.8 Å². The Bertz CT molecular complexity index is 1460. The number of rotatable bonds is 9. The molecule has 220 valence electrons. The van der Waals surface area contributed by atoms with E-state index in [-0.39, 0.29) is 23.2 Å². The number of carbonyl (C=O) groups is 2. The third kappa shape index (κ3) is 6.26. The van der Waals surface area contributed by atoms with Gasteiger partial charge in [0.15, 0.2) is 23.0 Å². The number of aliphatic hydroxyl groups excluding tert-OH is 3. The standard InChI is InChI=1S/C27H29NO12S/c1-37-26(36)13(8-9-41-2)28-25(35)24-22(33)21(32)23(34)27(40-24)39-17-11-16-18(20(31)19(17)30)14(29)10-15(38-16)12-6-4-3-5-7-12/h3-7,10-11,13,21-24,27,30-34H,8-9H2,1-2H3,(H,28,35)/t13-,21?,22?,23?,24?,27?/m0/s1. The van der Waals surface area contributed by atoms with Crippen molar-refractivity contribution in [1.82, 2.24) is 5.32 Å². The van der Waals surface area contributed by atoms with Crippen molar-refractivity contribution in [2.24, 2.45) is 0 Å². The van der Waals surface area contributed by atoms with Crippen LogP contribution in [-0.2, 0) is 19.1 Å². The molecule has 4 rings (SSSR count). The van der Waals surface area contributed by atoms with Gasteiger partial charge in [0.1, 0.15) is 41.1 Å². The lowest BCUT2D eigenvalue weighted by atomic mass is 9.98. The van der Waals surface area contributed by atoms with Crippen LogP contribution in [0.2, 0.25) is 0 Å². The summed E-state index contributed by atoms with van der Waals surface area (Å²) in [6.45, 7) is 0. The number of aromatic hydroxyl groups is 2. The summed E-state index contributed by atoms with van der Waals surface area (Å²) in [5.41, 5.74) is -0.284. The van der Waals surface area contributed by atoms with Gasteiger partial charge in [-0.15, -0.1) is 0 Å². The van der Waals surface area contributed by atoms with Gasteiger partial charge in [0.25, 0.3) is 5.91 Å². The monoisotopic (exact) mass is 591 g/mol. The fourth-order valence-electron chi connectivity index (χ4n) is 4.27. The molecule has 0 spiro atoms. The van der Waals surface area contributed by atoms with E-state index in [2.05, 4.69) is 5.32 Å². The first-order valence-corrected chi connectivity index (χ1v) is 13.8. The molecule has 13 nitrogen and oxygen atoms in total. The summed E-state index contributed by atoms with van der Waals surface area (Å²) < 4.78 is 21.5. The number of ether oxygens (including phenoxy) is 3. The van der Waals surface area contributed by atoms with E-state index in [0.29, 0.717) is 11.3 Å². The Morgan fingerprint density at radius 2 is 1.76 bits per heavy atom. The molecular weight excluding hydrogens is 562 g/mol. The Kier molecular flexibility index (Phi) is 9.40. The summed E-state index contributed by atoms with van der Waals surface area (Å²) in [6.07, 6.45) is -7.48. The molecule has 1 aromatic heterocycles. The molecular formula is C27H29NO12S. The third-order valence-electron chi connectivity index (χ3n) is 6.47. The van der Waals surface area contributed by atoms with Gasteiger partial charge in [0.05, 0.1) is 7.11 Å². The quantitative estimate of drug-likeness (QED) is 0.148. The van der Waals surface area contributed by atoms with Crippen LogP contribution in [0.15, 0.2) is 51.7 Å². The number of phenols is 2. The molecule has 6 atom stereocenters. The number of amides is 1. The summed E-state index contributed by atoms with van der Waals surface area (Å²) >= 11 is 1.42. The third-order valence-corrected chi connectivity index (χ3v) is 7.12. The normalized spacial score (nSPS) is 23.1. The highest BCUT2D eigenvalue weighted by molar-refractivity contribution is 7.98. The number of nitrogens with one attached hydrogen (secondary N) is 1. The van der Waals surface area contributed by atoms with Gasteiger partial charge in [0, 0.05) is 17.7 Å². The highest BCUT2D eigenvalue weighted by Gasteiger charge is 2.48. The van der Waals surface area contributed by atoms with Crippen LogP contribution in [0.3, 0.4) is 0 Å². The minimum atomic E-state index is -1.95. The summed E-state index contributed by atoms with van der Waals surface area (Å²) in [4.78, 5) is 37.8. The van der Waals surface area contributed by atoms with E-state index in [4.69, 9.17) is 18.6 Å². The van der Waals surface area contributed by atoms with Crippen molar-refractivity contribution in [3.63, 3.8) is 0 Å². The smallest absolute Gasteiger partial charge is 0.328 e. The molecule has 41 heavy (non-hydrogen) atoms. The first kappa shape index (κ1) is 30.1. The van der Waals surface area contributed by atoms with E-state index in [1.807, 2.05) is 0 Å². The molecule has 1 amide bonds. The Morgan fingerprint density at radius 1 is 1.05 bits per heavy atom. The molecule has 3 aromatic rings. The zero-order valence-corrected chi connectivity index (χ0v) is 22.7. The molecule has 1 saturated heterocycles. The Labute approximate surface area is 237 Å². The van der Waals surface area contributed by atoms with Crippen LogP contribution in [-0.4, -0.2) is 93.3 Å². The van der Waals surface area contributed by atoms with Crippen molar-refractivity contribution >= 4 is 34.6 Å². The van der Waals surface area contributed by atoms with Crippen molar-refractivity contribution in [2.45, 2.75) is 43.2 Å². The van der Waals surface area contributed by atoms with E-state index in [1.165, 1.54) is 11.8 Å². The lowest BCUT2D eigenvalue weighted by molar-refractivity contribution is -0.267. The second-order valence-electron chi connectivity index (χ2n) is 9.17. The van der Waals surface area contributed by atoms with Crippen LogP contribution in [0, 0.1) is 0 Å². The molecule has 6 N–H and O–H groups in total. The summed E-state index contributed by atoms with van der Waals surface area (Å²) in [7, 11) is 1.15. The topological polar surface area (TPSA) is 205 Å². The van der Waals surface area contributed by atoms with Crippen LogP contribution in [0.25, 0.3) is 22.3 Å². The lowest BCUT2D eigenvalue weighted by Gasteiger charge is -2.39. The van der Waals surface area contributed by atoms with Gasteiger partial charge in [-0.3, -0.25) is 9.59 Å². The number of phenolic OH excluding ortho intramolecular Hbond substituents is 2. The van der Waals surface area contributed by atoms with E-state index >= 15 is 0 Å². The van der Waals surface area contributed by atoms with Crippen LogP contribution < -0.4 is 15.5 Å². The number of methoxy groups -OCH3 is 1. The minimum Gasteiger partial charge on any atom is -0.504 e. The van der Waals surface area contributed by atoms with Crippen LogP contribution in [0.5, 0.6) is 17.2 Å². The number of hydrogen-bond acceptors (Lipinski definition) is 13. The van der Waals surface area contributed by atoms with Crippen LogP contribution in [0.1, 0.15) is 6.42 Å². The van der Waals surface area contributed by atoms with Crippen molar-refractivity contribution in [1.29, 1.82) is 0 Å². The van der Waals surface area contributed by atoms with Gasteiger partial charge in [-0.05, 0) is 18.4 Å². The van der Waals surface area contributed by atoms with Crippen molar-refractivity contribution < 1.29 is 53.7 Å². The molecule has 0 saturated carbocycles. The predicted octanol–water partition coefficient (Wildman–Crippen LogP) is 0.468. The average molecular weight is 592 g/mol. The number of fused-ring (bicyclic) bond motifs is 1. The van der Waals surface area contributed by atoms with E-state index < -0.39 is 71.3 Å². The Morgan fingerprint density at radius 3 is 2.41 bits per heavy atom. The number of thioether (sulfide) groups is 1. The van der Waals surface area contributed by atoms with Crippen LogP contribution in [0.4, 0.5) is 0 Å². The van der Waals surface area contributed by atoms with E-state index in [0.717, 1.165) is 19.2 Å². The van der Waals surface area contributed by atoms with Crippen molar-refractivity contribution in [3.8, 4) is 28.6 Å². The maximum atomic E-state index is 13.0. The fraction of sp³-hybridized carbons (Fsp3) is 0.370. The summed E-state index contributed by atoms with van der Waals surface area (Å²) in [5.74, 6) is -3.39. The number of benzene rings is 2. The largest absolute Gasteiger partial charge is 0.504 e. The SMILES string of the molecule is COC(=O)[C@H](CCSC)NC(=O)C1OC(Oc2cc3oc(-c4ccccc4)cc(=O)c3c(O)c2O)C(O)C(O)C1O. The summed E-state index contributed by atoms with van der Waals surface area (Å²) in [6, 6.07) is 9.74. The first-order valence-electron chi connectivity index (χ1n) is 12.4. The van der Waals surface area contributed by atoms with Gasteiger partial charge < -0.3 is 49.5 Å². The summed E-state index contributed by atoms with van der Waals surface area (Å²) in [5, 5.41) is 54.6. The number of aliphatic hydroxyl groups is 3. The maximum Gasteiger partial charge on any atom is 0.328 e. The maximum absolute atomic E-state index is 13.0. The molecule has 2 aromatic carbocycles. The second-order valence-corrected chi connectivity index (χ2v) is 10.2. The Hall–Kier alpha value is -3.82. The highest BCUT2D eigenvalue weighted by atomic mass is 32.2. The molecule has 1 fully saturated rings. The van der Waals surface area contributed by atoms with Crippen molar-refractivity contribution in [3.05, 3.63) is 52.7 Å². The molecule has 14 heteroatoms. The van der Waals surface area contributed by atoms with Gasteiger partial charge in [-0.25, -0.2) is 4.79 Å². The Balaban J connectivity index is 1.63. The zero-order chi connectivity index (χ0) is 29.8. The zero-order valence-electron chi connectivity index (χ0n) is 21.9. The molecule has 2 heterocycles. The van der Waals surface area contributed by atoms with Gasteiger partial charge in [-0.2, -0.15) is 11.8 Å². The van der Waals surface area contributed by atoms with E-state index in [1.54, 1.807) is 36.6 Å². The predicted molar refractivity (Wildman–Crippen MR) is 146 cm³/mol. The number of hydrogen-bond donors (Lipinski definition) is 6. The van der Waals surface area contributed by atoms with Gasteiger partial charge in [0.2, 0.25) is 12.0 Å². The fourth-order valence-corrected chi connectivity index (χ4v) is 4.74. The second kappa shape index (κ2) is 12.8. The number of carbonyl (C=O) groups excluding carboxylic acids is 2. The number of esters is 1. The lowest BCUT2D eigenvalue weighted by Crippen LogP contribution is -2.63. The highest BCUT2D eigenvalue weighted by Crippen LogP contribution is 2.42. The molecule has 1 aliphatic heterocycles. The molecule has 0 bridgehead atoms. The van der Waals surface area contributed by atoms with E-state index in [9.17, 15) is 39.9 Å². The first-order chi connectivity index (χ1) is 19.6. The van der Waals surface area contributed by atoms with Gasteiger partial charge in [-0.1, -0.05) is 30.3 Å².